The second kappa shape index (κ2) is 9.25. The van der Waals surface area contributed by atoms with Gasteiger partial charge in [-0.2, -0.15) is 5.10 Å². The molecule has 0 atom stereocenters. The van der Waals surface area contributed by atoms with E-state index in [-0.39, 0.29) is 5.91 Å². The number of amides is 1. The van der Waals surface area contributed by atoms with Crippen LogP contribution in [0.3, 0.4) is 0 Å². The lowest BCUT2D eigenvalue weighted by Gasteiger charge is -2.34. The molecule has 3 heterocycles. The van der Waals surface area contributed by atoms with Gasteiger partial charge >= 0.3 is 0 Å². The number of aryl methyl sites for hydroxylation is 1. The van der Waals surface area contributed by atoms with E-state index in [1.54, 1.807) is 0 Å². The molecule has 6 heteroatoms. The van der Waals surface area contributed by atoms with Gasteiger partial charge in [0.05, 0.1) is 23.2 Å². The van der Waals surface area contributed by atoms with Crippen LogP contribution in [0.25, 0.3) is 17.1 Å². The van der Waals surface area contributed by atoms with Gasteiger partial charge < -0.3 is 4.90 Å². The average Bonchev–Trinajstić information content (AvgIpc) is 3.49. The molecule has 6 nitrogen and oxygen atoms in total. The minimum Gasteiger partial charge on any atom is -0.336 e. The molecule has 166 valence electrons. The lowest BCUT2D eigenvalue weighted by molar-refractivity contribution is 0.0652. The molecule has 1 saturated carbocycles. The Hall–Kier alpha value is -2.99. The Bertz CT molecular complexity index is 1110. The maximum atomic E-state index is 13.4. The van der Waals surface area contributed by atoms with Gasteiger partial charge in [0.1, 0.15) is 0 Å². The maximum absolute atomic E-state index is 13.4. The first-order chi connectivity index (χ1) is 15.7. The molecule has 32 heavy (non-hydrogen) atoms. The van der Waals surface area contributed by atoms with Crippen molar-refractivity contribution < 1.29 is 4.79 Å². The summed E-state index contributed by atoms with van der Waals surface area (Å²) in [5.41, 5.74) is 3.71. The van der Waals surface area contributed by atoms with Gasteiger partial charge in [-0.15, -0.1) is 0 Å². The summed E-state index contributed by atoms with van der Waals surface area (Å²) < 4.78 is 2.06. The molecule has 2 aromatic heterocycles. The zero-order valence-corrected chi connectivity index (χ0v) is 18.8. The summed E-state index contributed by atoms with van der Waals surface area (Å²) in [6, 6.07) is 12.7. The van der Waals surface area contributed by atoms with Crippen molar-refractivity contribution >= 4 is 23.0 Å². The molecule has 1 saturated heterocycles. The number of benzene rings is 1. The van der Waals surface area contributed by atoms with E-state index in [1.165, 1.54) is 18.4 Å². The van der Waals surface area contributed by atoms with Crippen LogP contribution in [0.2, 0.25) is 0 Å². The number of fused-ring (bicyclic) bond motifs is 1. The van der Waals surface area contributed by atoms with Crippen molar-refractivity contribution in [2.75, 3.05) is 32.7 Å². The van der Waals surface area contributed by atoms with Crippen LogP contribution < -0.4 is 0 Å². The molecule has 0 N–H and O–H groups in total. The van der Waals surface area contributed by atoms with E-state index in [4.69, 9.17) is 4.98 Å². The van der Waals surface area contributed by atoms with Crippen LogP contribution in [0.1, 0.15) is 53.3 Å². The molecule has 0 unspecified atom stereocenters. The van der Waals surface area contributed by atoms with Crippen molar-refractivity contribution in [3.63, 3.8) is 0 Å². The molecule has 0 radical (unpaired) electrons. The summed E-state index contributed by atoms with van der Waals surface area (Å²) in [4.78, 5) is 22.6. The monoisotopic (exact) mass is 429 g/mol. The number of aromatic nitrogens is 3. The molecular formula is C26H31N5O. The lowest BCUT2D eigenvalue weighted by atomic mass is 10.1. The van der Waals surface area contributed by atoms with E-state index >= 15 is 0 Å². The van der Waals surface area contributed by atoms with Gasteiger partial charge in [-0.05, 0) is 31.4 Å². The highest BCUT2D eigenvalue weighted by Crippen LogP contribution is 2.32. The highest BCUT2D eigenvalue weighted by molar-refractivity contribution is 6.05. The topological polar surface area (TPSA) is 54.3 Å². The number of carbonyl (C=O) groups is 1. The highest BCUT2D eigenvalue weighted by Gasteiger charge is 2.26. The minimum atomic E-state index is 0.103. The van der Waals surface area contributed by atoms with E-state index in [0.717, 1.165) is 67.9 Å². The third-order valence-corrected chi connectivity index (χ3v) is 6.73. The molecule has 0 spiro atoms. The molecule has 3 aromatic rings. The first kappa shape index (κ1) is 20.9. The van der Waals surface area contributed by atoms with Crippen LogP contribution in [0.15, 0.2) is 48.7 Å². The van der Waals surface area contributed by atoms with E-state index in [2.05, 4.69) is 51.1 Å². The third kappa shape index (κ3) is 4.32. The standard InChI is InChI=1S/C26H31N5O/c1-20-18-23(24-19-27-31(25(24)28-20)22-11-5-6-12-22)26(32)30-16-14-29(15-17-30)13-7-10-21-8-3-2-4-9-21/h2-4,7-10,18-19,22H,5-6,11-17H2,1H3/b10-7+. The number of rotatable bonds is 5. The summed E-state index contributed by atoms with van der Waals surface area (Å²) in [7, 11) is 0. The van der Waals surface area contributed by atoms with Gasteiger partial charge in [0.15, 0.2) is 5.65 Å². The van der Waals surface area contributed by atoms with Gasteiger partial charge in [-0.1, -0.05) is 55.3 Å². The Labute approximate surface area is 189 Å². The molecule has 5 rings (SSSR count). The number of hydrogen-bond donors (Lipinski definition) is 0. The number of piperazine rings is 1. The first-order valence-corrected chi connectivity index (χ1v) is 11.8. The summed E-state index contributed by atoms with van der Waals surface area (Å²) >= 11 is 0. The third-order valence-electron chi connectivity index (χ3n) is 6.73. The summed E-state index contributed by atoms with van der Waals surface area (Å²) in [6.07, 6.45) is 11.0. The van der Waals surface area contributed by atoms with E-state index in [1.807, 2.05) is 30.2 Å². The molecule has 1 amide bonds. The quantitative estimate of drug-likeness (QED) is 0.606. The van der Waals surface area contributed by atoms with Crippen molar-refractivity contribution in [3.8, 4) is 0 Å². The van der Waals surface area contributed by atoms with Crippen molar-refractivity contribution in [2.24, 2.45) is 0 Å². The van der Waals surface area contributed by atoms with Crippen LogP contribution >= 0.6 is 0 Å². The number of nitrogens with zero attached hydrogens (tertiary/aromatic N) is 5. The van der Waals surface area contributed by atoms with Gasteiger partial charge in [0.2, 0.25) is 0 Å². The maximum Gasteiger partial charge on any atom is 0.254 e. The average molecular weight is 430 g/mol. The van der Waals surface area contributed by atoms with Crippen molar-refractivity contribution in [1.82, 2.24) is 24.6 Å². The van der Waals surface area contributed by atoms with Crippen molar-refractivity contribution in [2.45, 2.75) is 38.6 Å². The minimum absolute atomic E-state index is 0.103. The summed E-state index contributed by atoms with van der Waals surface area (Å²) in [5, 5.41) is 5.53. The van der Waals surface area contributed by atoms with Crippen LogP contribution in [0.4, 0.5) is 0 Å². The Balaban J connectivity index is 1.25. The zero-order valence-electron chi connectivity index (χ0n) is 18.8. The highest BCUT2D eigenvalue weighted by atomic mass is 16.2. The molecule has 1 aliphatic carbocycles. The molecule has 1 aliphatic heterocycles. The second-order valence-corrected chi connectivity index (χ2v) is 8.98. The van der Waals surface area contributed by atoms with Crippen LogP contribution in [-0.4, -0.2) is 63.2 Å². The van der Waals surface area contributed by atoms with Gasteiger partial charge in [0, 0.05) is 38.4 Å². The molecule has 2 aliphatic rings. The van der Waals surface area contributed by atoms with Gasteiger partial charge in [-0.25, -0.2) is 9.67 Å². The summed E-state index contributed by atoms with van der Waals surface area (Å²) in [5.74, 6) is 0.103. The first-order valence-electron chi connectivity index (χ1n) is 11.8. The zero-order chi connectivity index (χ0) is 21.9. The Kier molecular flexibility index (Phi) is 6.04. The Morgan fingerprint density at radius 3 is 2.59 bits per heavy atom. The SMILES string of the molecule is Cc1cc(C(=O)N2CCN(C/C=C/c3ccccc3)CC2)c2cnn(C3CCCC3)c2n1. The van der Waals surface area contributed by atoms with Crippen LogP contribution in [0, 0.1) is 6.92 Å². The molecule has 2 fully saturated rings. The fraction of sp³-hybridized carbons (Fsp3) is 0.423. The number of hydrogen-bond acceptors (Lipinski definition) is 4. The normalized spacial score (nSPS) is 18.2. The van der Waals surface area contributed by atoms with E-state index < -0.39 is 0 Å². The van der Waals surface area contributed by atoms with E-state index in [9.17, 15) is 4.79 Å². The predicted molar refractivity (Wildman–Crippen MR) is 128 cm³/mol. The number of pyridine rings is 1. The Morgan fingerprint density at radius 2 is 1.84 bits per heavy atom. The Morgan fingerprint density at radius 1 is 1.09 bits per heavy atom. The molecule has 0 bridgehead atoms. The van der Waals surface area contributed by atoms with Gasteiger partial charge in [-0.3, -0.25) is 9.69 Å². The molecule has 1 aromatic carbocycles. The number of carbonyl (C=O) groups excluding carboxylic acids is 1. The van der Waals surface area contributed by atoms with Crippen molar-refractivity contribution in [3.05, 3.63) is 65.5 Å². The van der Waals surface area contributed by atoms with Gasteiger partial charge in [0.25, 0.3) is 5.91 Å². The van der Waals surface area contributed by atoms with Crippen LogP contribution in [0.5, 0.6) is 0 Å². The van der Waals surface area contributed by atoms with E-state index in [0.29, 0.717) is 6.04 Å². The van der Waals surface area contributed by atoms with Crippen molar-refractivity contribution in [1.29, 1.82) is 0 Å². The fourth-order valence-electron chi connectivity index (χ4n) is 4.94. The fourth-order valence-corrected chi connectivity index (χ4v) is 4.94. The predicted octanol–water partition coefficient (Wildman–Crippen LogP) is 4.33. The largest absolute Gasteiger partial charge is 0.336 e. The summed E-state index contributed by atoms with van der Waals surface area (Å²) in [6.45, 7) is 6.15. The smallest absolute Gasteiger partial charge is 0.254 e. The van der Waals surface area contributed by atoms with Crippen LogP contribution in [-0.2, 0) is 0 Å². The molecular weight excluding hydrogens is 398 g/mol. The second-order valence-electron chi connectivity index (χ2n) is 8.98. The lowest BCUT2D eigenvalue weighted by Crippen LogP contribution is -2.48.